The number of rotatable bonds is 4. The molecule has 0 unspecified atom stereocenters. The van der Waals surface area contributed by atoms with Crippen molar-refractivity contribution in [3.8, 4) is 5.75 Å². The van der Waals surface area contributed by atoms with E-state index in [1.165, 1.54) is 0 Å². The van der Waals surface area contributed by atoms with Crippen LogP contribution in [0.5, 0.6) is 5.75 Å². The van der Waals surface area contributed by atoms with Crippen LogP contribution in [0.25, 0.3) is 0 Å². The van der Waals surface area contributed by atoms with Crippen LogP contribution in [0.15, 0.2) is 22.7 Å². The molecule has 0 aromatic heterocycles. The molecule has 2 atom stereocenters. The summed E-state index contributed by atoms with van der Waals surface area (Å²) in [6.07, 6.45) is -0.541. The average molecular weight is 288 g/mol. The predicted octanol–water partition coefficient (Wildman–Crippen LogP) is 2.47. The van der Waals surface area contributed by atoms with Gasteiger partial charge >= 0.3 is 0 Å². The first-order valence-corrected chi connectivity index (χ1v) is 6.03. The number of methoxy groups -OCH3 is 1. The molecule has 0 aliphatic carbocycles. The molecule has 1 rings (SSSR count). The van der Waals surface area contributed by atoms with Gasteiger partial charge in [0.2, 0.25) is 0 Å². The zero-order valence-electron chi connectivity index (χ0n) is 9.77. The molecule has 4 heteroatoms. The van der Waals surface area contributed by atoms with Gasteiger partial charge in [-0.15, -0.1) is 0 Å². The van der Waals surface area contributed by atoms with E-state index >= 15 is 0 Å². The van der Waals surface area contributed by atoms with Gasteiger partial charge < -0.3 is 15.6 Å². The standard InChI is InChI=1S/C12H18BrNO2/c1-7(2)12(15)11(14)8-4-5-10(16-3)9(13)6-8/h4-7,11-12,15H,14H2,1-3H3/t11-,12+/m0/s1. The van der Waals surface area contributed by atoms with E-state index in [9.17, 15) is 5.11 Å². The summed E-state index contributed by atoms with van der Waals surface area (Å²) in [5.41, 5.74) is 6.89. The van der Waals surface area contributed by atoms with E-state index in [-0.39, 0.29) is 12.0 Å². The first kappa shape index (κ1) is 13.5. The molecule has 0 bridgehead atoms. The molecule has 0 aliphatic heterocycles. The molecule has 3 N–H and O–H groups in total. The number of aliphatic hydroxyl groups is 1. The van der Waals surface area contributed by atoms with Crippen molar-refractivity contribution in [1.29, 1.82) is 0 Å². The first-order valence-electron chi connectivity index (χ1n) is 5.24. The quantitative estimate of drug-likeness (QED) is 0.895. The highest BCUT2D eigenvalue weighted by atomic mass is 79.9. The monoisotopic (exact) mass is 287 g/mol. The SMILES string of the molecule is COc1ccc([C@H](N)[C@H](O)C(C)C)cc1Br. The van der Waals surface area contributed by atoms with E-state index < -0.39 is 6.10 Å². The lowest BCUT2D eigenvalue weighted by Gasteiger charge is -2.22. The van der Waals surface area contributed by atoms with Gasteiger partial charge in [0.25, 0.3) is 0 Å². The van der Waals surface area contributed by atoms with Crippen molar-refractivity contribution >= 4 is 15.9 Å². The van der Waals surface area contributed by atoms with Crippen LogP contribution in [-0.2, 0) is 0 Å². The van der Waals surface area contributed by atoms with Crippen LogP contribution in [0.3, 0.4) is 0 Å². The molecule has 0 aliphatic rings. The van der Waals surface area contributed by atoms with Crippen LogP contribution in [0, 0.1) is 5.92 Å². The maximum absolute atomic E-state index is 9.89. The minimum Gasteiger partial charge on any atom is -0.496 e. The first-order chi connectivity index (χ1) is 7.47. The summed E-state index contributed by atoms with van der Waals surface area (Å²) in [6.45, 7) is 3.90. The zero-order valence-corrected chi connectivity index (χ0v) is 11.4. The summed E-state index contributed by atoms with van der Waals surface area (Å²) < 4.78 is 5.98. The smallest absolute Gasteiger partial charge is 0.133 e. The van der Waals surface area contributed by atoms with Gasteiger partial charge in [0.1, 0.15) is 5.75 Å². The summed E-state index contributed by atoms with van der Waals surface area (Å²) in [7, 11) is 1.61. The van der Waals surface area contributed by atoms with E-state index in [0.717, 1.165) is 15.8 Å². The fourth-order valence-corrected chi connectivity index (χ4v) is 2.06. The molecule has 90 valence electrons. The summed E-state index contributed by atoms with van der Waals surface area (Å²) in [4.78, 5) is 0. The van der Waals surface area contributed by atoms with E-state index in [1.54, 1.807) is 7.11 Å². The van der Waals surface area contributed by atoms with Gasteiger partial charge in [-0.3, -0.25) is 0 Å². The molecule has 0 spiro atoms. The number of hydrogen-bond donors (Lipinski definition) is 2. The molecule has 16 heavy (non-hydrogen) atoms. The Bertz CT molecular complexity index is 355. The second kappa shape index (κ2) is 5.66. The van der Waals surface area contributed by atoms with Crippen molar-refractivity contribution in [2.75, 3.05) is 7.11 Å². The highest BCUT2D eigenvalue weighted by Crippen LogP contribution is 2.29. The average Bonchev–Trinajstić information content (AvgIpc) is 2.26. The Morgan fingerprint density at radius 2 is 2.00 bits per heavy atom. The topological polar surface area (TPSA) is 55.5 Å². The highest BCUT2D eigenvalue weighted by Gasteiger charge is 2.20. The summed E-state index contributed by atoms with van der Waals surface area (Å²) in [6, 6.07) is 5.23. The van der Waals surface area contributed by atoms with Gasteiger partial charge in [0, 0.05) is 0 Å². The Balaban J connectivity index is 2.92. The van der Waals surface area contributed by atoms with Crippen molar-refractivity contribution in [2.45, 2.75) is 26.0 Å². The molecule has 0 saturated carbocycles. The van der Waals surface area contributed by atoms with Crippen LogP contribution in [0.4, 0.5) is 0 Å². The highest BCUT2D eigenvalue weighted by molar-refractivity contribution is 9.10. The number of aliphatic hydroxyl groups excluding tert-OH is 1. The van der Waals surface area contributed by atoms with Crippen LogP contribution in [-0.4, -0.2) is 18.3 Å². The predicted molar refractivity (Wildman–Crippen MR) is 68.5 cm³/mol. The molecule has 1 aromatic carbocycles. The van der Waals surface area contributed by atoms with Crippen molar-refractivity contribution in [3.05, 3.63) is 28.2 Å². The van der Waals surface area contributed by atoms with Gasteiger partial charge in [-0.1, -0.05) is 19.9 Å². The van der Waals surface area contributed by atoms with Gasteiger partial charge in [0.05, 0.1) is 23.7 Å². The Hall–Kier alpha value is -0.580. The molecule has 0 heterocycles. The Labute approximate surface area is 105 Å². The minimum atomic E-state index is -0.541. The number of hydrogen-bond acceptors (Lipinski definition) is 3. The molecular formula is C12H18BrNO2. The number of benzene rings is 1. The summed E-state index contributed by atoms with van der Waals surface area (Å²) >= 11 is 3.40. The second-order valence-electron chi connectivity index (χ2n) is 4.15. The van der Waals surface area contributed by atoms with Crippen LogP contribution >= 0.6 is 15.9 Å². The van der Waals surface area contributed by atoms with Crippen molar-refractivity contribution in [3.63, 3.8) is 0 Å². The van der Waals surface area contributed by atoms with Gasteiger partial charge in [-0.05, 0) is 39.5 Å². The molecule has 0 fully saturated rings. The van der Waals surface area contributed by atoms with Gasteiger partial charge in [0.15, 0.2) is 0 Å². The number of halogens is 1. The minimum absolute atomic E-state index is 0.135. The maximum atomic E-state index is 9.89. The van der Waals surface area contributed by atoms with E-state index in [1.807, 2.05) is 32.0 Å². The van der Waals surface area contributed by atoms with E-state index in [0.29, 0.717) is 0 Å². The third-order valence-electron chi connectivity index (χ3n) is 2.61. The lowest BCUT2D eigenvalue weighted by molar-refractivity contribution is 0.0979. The molecule has 3 nitrogen and oxygen atoms in total. The summed E-state index contributed by atoms with van der Waals surface area (Å²) in [5.74, 6) is 0.894. The third-order valence-corrected chi connectivity index (χ3v) is 3.23. The zero-order chi connectivity index (χ0) is 12.3. The number of ether oxygens (including phenoxy) is 1. The van der Waals surface area contributed by atoms with Gasteiger partial charge in [-0.2, -0.15) is 0 Å². The van der Waals surface area contributed by atoms with Crippen LogP contribution in [0.1, 0.15) is 25.5 Å². The van der Waals surface area contributed by atoms with Crippen molar-refractivity contribution in [1.82, 2.24) is 0 Å². The summed E-state index contributed by atoms with van der Waals surface area (Å²) in [5, 5.41) is 9.89. The van der Waals surface area contributed by atoms with Crippen molar-refractivity contribution < 1.29 is 9.84 Å². The molecule has 0 radical (unpaired) electrons. The molecule has 0 amide bonds. The Kier molecular flexibility index (Phi) is 4.77. The second-order valence-corrected chi connectivity index (χ2v) is 5.01. The molecular weight excluding hydrogens is 270 g/mol. The third kappa shape index (κ3) is 2.97. The van der Waals surface area contributed by atoms with E-state index in [2.05, 4.69) is 15.9 Å². The fraction of sp³-hybridized carbons (Fsp3) is 0.500. The lowest BCUT2D eigenvalue weighted by atomic mass is 9.94. The fourth-order valence-electron chi connectivity index (χ4n) is 1.50. The van der Waals surface area contributed by atoms with Crippen LogP contribution < -0.4 is 10.5 Å². The largest absolute Gasteiger partial charge is 0.496 e. The van der Waals surface area contributed by atoms with Gasteiger partial charge in [-0.25, -0.2) is 0 Å². The Morgan fingerprint density at radius 3 is 2.44 bits per heavy atom. The molecule has 0 saturated heterocycles. The normalized spacial score (nSPS) is 14.9. The Morgan fingerprint density at radius 1 is 1.38 bits per heavy atom. The number of nitrogens with two attached hydrogens (primary N) is 1. The maximum Gasteiger partial charge on any atom is 0.133 e. The lowest BCUT2D eigenvalue weighted by Crippen LogP contribution is -2.30. The molecule has 1 aromatic rings. The van der Waals surface area contributed by atoms with Crippen molar-refractivity contribution in [2.24, 2.45) is 11.7 Å². The van der Waals surface area contributed by atoms with E-state index in [4.69, 9.17) is 10.5 Å². The van der Waals surface area contributed by atoms with Crippen LogP contribution in [0.2, 0.25) is 0 Å².